The third kappa shape index (κ3) is 3.94. The second-order valence-electron chi connectivity index (χ2n) is 3.65. The highest BCUT2D eigenvalue weighted by atomic mass is 31.2. The summed E-state index contributed by atoms with van der Waals surface area (Å²) in [7, 11) is -1.27. The van der Waals surface area contributed by atoms with Crippen molar-refractivity contribution >= 4 is 24.6 Å². The molecule has 9 heteroatoms. The van der Waals surface area contributed by atoms with Crippen LogP contribution in [0.2, 0.25) is 0 Å². The minimum Gasteiger partial charge on any atom is -0.429 e. The van der Waals surface area contributed by atoms with Gasteiger partial charge >= 0.3 is 7.58 Å². The monoisotopic (exact) mass is 302 g/mol. The van der Waals surface area contributed by atoms with Crippen molar-refractivity contribution in [3.63, 3.8) is 0 Å². The molecule has 1 unspecified atom stereocenters. The first-order valence-corrected chi connectivity index (χ1v) is 8.53. The van der Waals surface area contributed by atoms with Gasteiger partial charge in [0.15, 0.2) is 17.0 Å². The molecule has 0 fully saturated rings. The fourth-order valence-corrected chi connectivity index (χ4v) is 4.87. The molecule has 0 saturated carbocycles. The molecule has 1 N–H and O–H groups in total. The highest BCUT2D eigenvalue weighted by Crippen LogP contribution is 2.55. The van der Waals surface area contributed by atoms with E-state index < -0.39 is 7.58 Å². The molecule has 6 nitrogen and oxygen atoms in total. The normalized spacial score (nSPS) is 23.7. The SMILES string of the molecule is CC(C)ONP1(Oc2ccccc2)=NP=NP=N1. The molecule has 0 bridgehead atoms. The quantitative estimate of drug-likeness (QED) is 0.611. The van der Waals surface area contributed by atoms with Gasteiger partial charge in [-0.2, -0.15) is 13.5 Å². The number of benzene rings is 1. The van der Waals surface area contributed by atoms with E-state index in [1.165, 1.54) is 0 Å². The van der Waals surface area contributed by atoms with Crippen LogP contribution in [0.1, 0.15) is 13.8 Å². The molecule has 18 heavy (non-hydrogen) atoms. The standard InChI is InChI=1S/C9H13N4O2P3/c1-8(2)14-10-18(12-16-11-17-13-18)15-9-6-4-3-5-7-9/h3-8,10H,1-2H3. The lowest BCUT2D eigenvalue weighted by atomic mass is 10.3. The van der Waals surface area contributed by atoms with Crippen LogP contribution in [0.3, 0.4) is 0 Å². The third-order valence-corrected chi connectivity index (χ3v) is 5.81. The van der Waals surface area contributed by atoms with Crippen LogP contribution in [0.4, 0.5) is 0 Å². The van der Waals surface area contributed by atoms with E-state index in [1.54, 1.807) is 0 Å². The lowest BCUT2D eigenvalue weighted by Crippen LogP contribution is -2.18. The molecule has 1 aromatic carbocycles. The fourth-order valence-electron chi connectivity index (χ4n) is 1.07. The summed E-state index contributed by atoms with van der Waals surface area (Å²) in [5.74, 6) is 0.713. The molecular formula is C9H13N4O2P3. The van der Waals surface area contributed by atoms with Crippen molar-refractivity contribution in [1.82, 2.24) is 5.25 Å². The molecule has 1 aromatic rings. The maximum absolute atomic E-state index is 5.86. The smallest absolute Gasteiger partial charge is 0.360 e. The number of hydrogen-bond acceptors (Lipinski definition) is 6. The lowest BCUT2D eigenvalue weighted by Gasteiger charge is -2.21. The van der Waals surface area contributed by atoms with Crippen molar-refractivity contribution in [3.8, 4) is 5.75 Å². The summed E-state index contributed by atoms with van der Waals surface area (Å²) < 4.78 is 18.5. The highest BCUT2D eigenvalue weighted by Gasteiger charge is 2.24. The molecule has 0 amide bonds. The molecule has 0 aromatic heterocycles. The molecule has 0 saturated heterocycles. The van der Waals surface area contributed by atoms with E-state index in [-0.39, 0.29) is 6.10 Å². The van der Waals surface area contributed by atoms with Gasteiger partial charge < -0.3 is 4.52 Å². The van der Waals surface area contributed by atoms with Crippen LogP contribution >= 0.6 is 24.6 Å². The van der Waals surface area contributed by atoms with Crippen molar-refractivity contribution in [2.45, 2.75) is 20.0 Å². The number of para-hydroxylation sites is 1. The Morgan fingerprint density at radius 3 is 2.61 bits per heavy atom. The van der Waals surface area contributed by atoms with Crippen LogP contribution in [-0.2, 0) is 4.84 Å². The van der Waals surface area contributed by atoms with E-state index in [1.807, 2.05) is 44.2 Å². The molecular weight excluding hydrogens is 289 g/mol. The Hall–Kier alpha value is -0.630. The third-order valence-electron chi connectivity index (χ3n) is 1.79. The van der Waals surface area contributed by atoms with Gasteiger partial charge in [-0.25, -0.2) is 0 Å². The summed E-state index contributed by atoms with van der Waals surface area (Å²) >= 11 is 0. The van der Waals surface area contributed by atoms with Crippen molar-refractivity contribution in [2.75, 3.05) is 0 Å². The Bertz CT molecular complexity index is 504. The van der Waals surface area contributed by atoms with E-state index in [9.17, 15) is 0 Å². The molecule has 96 valence electrons. The summed E-state index contributed by atoms with van der Waals surface area (Å²) in [6.45, 7) is 3.85. The Labute approximate surface area is 109 Å². The van der Waals surface area contributed by atoms with Gasteiger partial charge in [0.2, 0.25) is 0 Å². The first kappa shape index (κ1) is 13.8. The van der Waals surface area contributed by atoms with Crippen LogP contribution in [0.5, 0.6) is 5.75 Å². The Morgan fingerprint density at radius 1 is 1.22 bits per heavy atom. The summed E-state index contributed by atoms with van der Waals surface area (Å²) in [5, 5.41) is 2.86. The predicted molar refractivity (Wildman–Crippen MR) is 74.5 cm³/mol. The predicted octanol–water partition coefficient (Wildman–Crippen LogP) is 5.04. The van der Waals surface area contributed by atoms with Gasteiger partial charge in [-0.05, 0) is 26.0 Å². The molecule has 0 spiro atoms. The number of hydrogen-bond donors (Lipinski definition) is 1. The van der Waals surface area contributed by atoms with Crippen LogP contribution in [0.25, 0.3) is 0 Å². The van der Waals surface area contributed by atoms with Crippen LogP contribution in [0.15, 0.2) is 43.9 Å². The van der Waals surface area contributed by atoms with E-state index in [0.717, 1.165) is 0 Å². The highest BCUT2D eigenvalue weighted by molar-refractivity contribution is 7.67. The van der Waals surface area contributed by atoms with Crippen molar-refractivity contribution < 1.29 is 9.36 Å². The zero-order chi connectivity index (χ0) is 12.8. The van der Waals surface area contributed by atoms with E-state index in [2.05, 4.69) is 18.8 Å². The average Bonchev–Trinajstić information content (AvgIpc) is 2.39. The second kappa shape index (κ2) is 6.51. The maximum atomic E-state index is 5.86. The van der Waals surface area contributed by atoms with E-state index in [0.29, 0.717) is 22.8 Å². The van der Waals surface area contributed by atoms with Gasteiger partial charge in [0.1, 0.15) is 5.75 Å². The van der Waals surface area contributed by atoms with E-state index >= 15 is 0 Å². The molecule has 2 rings (SSSR count). The summed E-state index contributed by atoms with van der Waals surface area (Å²) in [6, 6.07) is 9.46. The van der Waals surface area contributed by atoms with Crippen molar-refractivity contribution in [1.29, 1.82) is 0 Å². The molecule has 0 aliphatic carbocycles. The molecule has 1 atom stereocenters. The van der Waals surface area contributed by atoms with Gasteiger partial charge in [0.05, 0.1) is 6.10 Å². The van der Waals surface area contributed by atoms with Crippen LogP contribution in [-0.4, -0.2) is 6.10 Å². The minimum absolute atomic E-state index is 0.0267. The average molecular weight is 302 g/mol. The van der Waals surface area contributed by atoms with Gasteiger partial charge in [-0.3, -0.25) is 4.84 Å². The summed E-state index contributed by atoms with van der Waals surface area (Å²) in [5.41, 5.74) is 0. The lowest BCUT2D eigenvalue weighted by molar-refractivity contribution is 0.0382. The van der Waals surface area contributed by atoms with Crippen molar-refractivity contribution in [2.24, 2.45) is 13.5 Å². The first-order chi connectivity index (χ1) is 8.70. The fraction of sp³-hybridized carbons (Fsp3) is 0.333. The molecule has 1 aliphatic heterocycles. The zero-order valence-electron chi connectivity index (χ0n) is 9.96. The summed E-state index contributed by atoms with van der Waals surface area (Å²) in [6.07, 6.45) is 0.0267. The van der Waals surface area contributed by atoms with Crippen LogP contribution < -0.4 is 9.77 Å². The minimum atomic E-state index is -2.51. The molecule has 0 radical (unpaired) electrons. The topological polar surface area (TPSA) is 67.6 Å². The van der Waals surface area contributed by atoms with E-state index in [4.69, 9.17) is 9.36 Å². The van der Waals surface area contributed by atoms with Crippen molar-refractivity contribution in [3.05, 3.63) is 30.3 Å². The zero-order valence-corrected chi connectivity index (χ0v) is 12.6. The van der Waals surface area contributed by atoms with Crippen LogP contribution in [0, 0.1) is 0 Å². The molecule has 1 aliphatic rings. The number of nitrogens with zero attached hydrogens (tertiary/aromatic N) is 3. The van der Waals surface area contributed by atoms with Gasteiger partial charge in [0.25, 0.3) is 0 Å². The largest absolute Gasteiger partial charge is 0.429 e. The van der Waals surface area contributed by atoms with Gasteiger partial charge in [-0.1, -0.05) is 18.2 Å². The Morgan fingerprint density at radius 2 is 2.00 bits per heavy atom. The number of nitrogens with one attached hydrogen (secondary N) is 1. The molecule has 1 heterocycles. The number of rotatable bonds is 5. The Kier molecular flexibility index (Phi) is 4.99. The second-order valence-corrected chi connectivity index (χ2v) is 7.61. The van der Waals surface area contributed by atoms with Gasteiger partial charge in [0, 0.05) is 0 Å². The maximum Gasteiger partial charge on any atom is 0.360 e. The summed E-state index contributed by atoms with van der Waals surface area (Å²) in [4.78, 5) is 5.39. The first-order valence-electron chi connectivity index (χ1n) is 5.32. The Balaban J connectivity index is 2.19. The van der Waals surface area contributed by atoms with Gasteiger partial charge in [-0.15, -0.1) is 5.25 Å².